The summed E-state index contributed by atoms with van der Waals surface area (Å²) in [6.07, 6.45) is 2.71. The van der Waals surface area contributed by atoms with Crippen molar-refractivity contribution in [1.29, 1.82) is 0 Å². The number of hydrogen-bond acceptors (Lipinski definition) is 5. The molecule has 0 spiro atoms. The molecule has 8 heteroatoms. The Kier molecular flexibility index (Phi) is 5.60. The van der Waals surface area contributed by atoms with E-state index in [0.717, 1.165) is 31.7 Å². The van der Waals surface area contributed by atoms with Crippen LogP contribution >= 0.6 is 0 Å². The highest BCUT2D eigenvalue weighted by Crippen LogP contribution is 2.14. The Balaban J connectivity index is 1.48. The number of rotatable bonds is 5. The summed E-state index contributed by atoms with van der Waals surface area (Å²) in [6, 6.07) is 5.94. The van der Waals surface area contributed by atoms with Gasteiger partial charge in [-0.3, -0.25) is 4.98 Å². The molecule has 0 aromatic carbocycles. The zero-order chi connectivity index (χ0) is 16.1. The van der Waals surface area contributed by atoms with Gasteiger partial charge in [0.25, 0.3) is 10.2 Å². The molecule has 2 aliphatic rings. The van der Waals surface area contributed by atoms with Gasteiger partial charge in [0, 0.05) is 64.1 Å². The zero-order valence-corrected chi connectivity index (χ0v) is 14.1. The summed E-state index contributed by atoms with van der Waals surface area (Å²) in [5.74, 6) is 0. The van der Waals surface area contributed by atoms with Crippen LogP contribution < -0.4 is 0 Å². The first-order valence-corrected chi connectivity index (χ1v) is 9.51. The Morgan fingerprint density at radius 1 is 1.00 bits per heavy atom. The summed E-state index contributed by atoms with van der Waals surface area (Å²) in [6.45, 7) is 5.48. The van der Waals surface area contributed by atoms with E-state index in [1.165, 1.54) is 0 Å². The Hall–Kier alpha value is -1.06. The Bertz CT molecular complexity index is 582. The Morgan fingerprint density at radius 2 is 1.70 bits per heavy atom. The second-order valence-corrected chi connectivity index (χ2v) is 7.76. The fourth-order valence-electron chi connectivity index (χ4n) is 2.94. The van der Waals surface area contributed by atoms with E-state index in [9.17, 15) is 8.42 Å². The average molecular weight is 340 g/mol. The van der Waals surface area contributed by atoms with Crippen LogP contribution in [0.5, 0.6) is 0 Å². The maximum atomic E-state index is 12.6. The predicted octanol–water partition coefficient (Wildman–Crippen LogP) is -0.181. The van der Waals surface area contributed by atoms with Gasteiger partial charge >= 0.3 is 0 Å². The van der Waals surface area contributed by atoms with Crippen LogP contribution in [-0.2, 0) is 21.4 Å². The molecule has 0 N–H and O–H groups in total. The third kappa shape index (κ3) is 4.27. The molecule has 2 fully saturated rings. The molecule has 23 heavy (non-hydrogen) atoms. The van der Waals surface area contributed by atoms with E-state index in [2.05, 4.69) is 9.88 Å². The summed E-state index contributed by atoms with van der Waals surface area (Å²) in [5, 5.41) is 0. The molecule has 2 saturated heterocycles. The lowest BCUT2D eigenvalue weighted by atomic mass is 10.2. The fraction of sp³-hybridized carbons (Fsp3) is 0.667. The van der Waals surface area contributed by atoms with Crippen molar-refractivity contribution >= 4 is 10.2 Å². The number of nitrogens with zero attached hydrogens (tertiary/aromatic N) is 4. The molecule has 7 nitrogen and oxygen atoms in total. The first-order chi connectivity index (χ1) is 11.2. The molecule has 0 aliphatic carbocycles. The Morgan fingerprint density at radius 3 is 2.35 bits per heavy atom. The number of piperazine rings is 1. The first-order valence-electron chi connectivity index (χ1n) is 8.11. The number of ether oxygens (including phenoxy) is 1. The van der Waals surface area contributed by atoms with E-state index in [0.29, 0.717) is 39.4 Å². The number of aromatic nitrogens is 1. The molecular formula is C15H24N4O3S. The molecule has 0 unspecified atom stereocenters. The zero-order valence-electron chi connectivity index (χ0n) is 13.3. The lowest BCUT2D eigenvalue weighted by Gasteiger charge is -2.37. The maximum absolute atomic E-state index is 12.6. The van der Waals surface area contributed by atoms with E-state index in [1.807, 2.05) is 24.4 Å². The minimum Gasteiger partial charge on any atom is -0.379 e. The van der Waals surface area contributed by atoms with Crippen LogP contribution in [0.1, 0.15) is 5.69 Å². The van der Waals surface area contributed by atoms with Gasteiger partial charge in [0.15, 0.2) is 0 Å². The van der Waals surface area contributed by atoms with Crippen LogP contribution in [0.3, 0.4) is 0 Å². The molecule has 0 saturated carbocycles. The lowest BCUT2D eigenvalue weighted by molar-refractivity contribution is 0.0685. The SMILES string of the molecule is O=S(=O)(N1CCOCC1)N1CCN(CCc2ccccn2)CC1. The molecule has 2 aliphatic heterocycles. The number of hydrogen-bond donors (Lipinski definition) is 0. The van der Waals surface area contributed by atoms with E-state index in [-0.39, 0.29) is 0 Å². The van der Waals surface area contributed by atoms with Crippen molar-refractivity contribution in [2.24, 2.45) is 0 Å². The van der Waals surface area contributed by atoms with Gasteiger partial charge in [-0.15, -0.1) is 0 Å². The third-order valence-electron chi connectivity index (χ3n) is 4.36. The molecule has 0 atom stereocenters. The average Bonchev–Trinajstić information content (AvgIpc) is 2.62. The highest BCUT2D eigenvalue weighted by molar-refractivity contribution is 7.86. The van der Waals surface area contributed by atoms with Gasteiger partial charge in [-0.2, -0.15) is 17.0 Å². The summed E-state index contributed by atoms with van der Waals surface area (Å²) in [7, 11) is -3.33. The summed E-state index contributed by atoms with van der Waals surface area (Å²) in [5.41, 5.74) is 1.08. The van der Waals surface area contributed by atoms with E-state index in [4.69, 9.17) is 4.74 Å². The second-order valence-electron chi connectivity index (χ2n) is 5.83. The molecule has 3 rings (SSSR count). The van der Waals surface area contributed by atoms with Gasteiger partial charge in [0.1, 0.15) is 0 Å². The van der Waals surface area contributed by atoms with Crippen molar-refractivity contribution < 1.29 is 13.2 Å². The van der Waals surface area contributed by atoms with Gasteiger partial charge in [-0.25, -0.2) is 0 Å². The lowest BCUT2D eigenvalue weighted by Crippen LogP contribution is -2.55. The summed E-state index contributed by atoms with van der Waals surface area (Å²) in [4.78, 5) is 6.63. The molecule has 3 heterocycles. The highest BCUT2D eigenvalue weighted by Gasteiger charge is 2.33. The second kappa shape index (κ2) is 7.67. The minimum atomic E-state index is -3.33. The molecular weight excluding hydrogens is 316 g/mol. The standard InChI is InChI=1S/C15H24N4O3S/c20-23(21,19-11-13-22-14-12-19)18-9-7-17(8-10-18)6-4-15-3-1-2-5-16-15/h1-3,5H,4,6-14H2. The van der Waals surface area contributed by atoms with Crippen molar-refractivity contribution in [1.82, 2.24) is 18.5 Å². The van der Waals surface area contributed by atoms with Gasteiger partial charge in [0.2, 0.25) is 0 Å². The smallest absolute Gasteiger partial charge is 0.282 e. The van der Waals surface area contributed by atoms with E-state index in [1.54, 1.807) is 8.61 Å². The molecule has 1 aromatic heterocycles. The van der Waals surface area contributed by atoms with Crippen LogP contribution in [0, 0.1) is 0 Å². The van der Waals surface area contributed by atoms with E-state index < -0.39 is 10.2 Å². The fourth-order valence-corrected chi connectivity index (χ4v) is 4.50. The molecule has 0 bridgehead atoms. The van der Waals surface area contributed by atoms with Crippen LogP contribution in [0.2, 0.25) is 0 Å². The van der Waals surface area contributed by atoms with Gasteiger partial charge < -0.3 is 9.64 Å². The molecule has 0 amide bonds. The predicted molar refractivity (Wildman–Crippen MR) is 87.3 cm³/mol. The Labute approximate surface area is 138 Å². The van der Waals surface area contributed by atoms with Crippen LogP contribution in [0.4, 0.5) is 0 Å². The van der Waals surface area contributed by atoms with Crippen molar-refractivity contribution in [3.63, 3.8) is 0 Å². The summed E-state index contributed by atoms with van der Waals surface area (Å²) < 4.78 is 33.6. The third-order valence-corrected chi connectivity index (χ3v) is 6.40. The monoisotopic (exact) mass is 340 g/mol. The quantitative estimate of drug-likeness (QED) is 0.744. The van der Waals surface area contributed by atoms with Crippen molar-refractivity contribution in [3.8, 4) is 0 Å². The first kappa shape index (κ1) is 16.8. The molecule has 1 aromatic rings. The highest BCUT2D eigenvalue weighted by atomic mass is 32.2. The van der Waals surface area contributed by atoms with E-state index >= 15 is 0 Å². The number of pyridine rings is 1. The van der Waals surface area contributed by atoms with Crippen LogP contribution in [-0.4, -0.2) is 85.9 Å². The van der Waals surface area contributed by atoms with Crippen molar-refractivity contribution in [2.75, 3.05) is 59.0 Å². The van der Waals surface area contributed by atoms with Gasteiger partial charge in [0.05, 0.1) is 13.2 Å². The minimum absolute atomic E-state index is 0.461. The largest absolute Gasteiger partial charge is 0.379 e. The van der Waals surface area contributed by atoms with Gasteiger partial charge in [-0.1, -0.05) is 6.07 Å². The van der Waals surface area contributed by atoms with Crippen molar-refractivity contribution in [2.45, 2.75) is 6.42 Å². The van der Waals surface area contributed by atoms with Crippen molar-refractivity contribution in [3.05, 3.63) is 30.1 Å². The normalized spacial score (nSPS) is 22.3. The topological polar surface area (TPSA) is 66.0 Å². The summed E-state index contributed by atoms with van der Waals surface area (Å²) >= 11 is 0. The van der Waals surface area contributed by atoms with Crippen LogP contribution in [0.15, 0.2) is 24.4 Å². The van der Waals surface area contributed by atoms with Gasteiger partial charge in [-0.05, 0) is 12.1 Å². The molecule has 0 radical (unpaired) electrons. The van der Waals surface area contributed by atoms with Crippen LogP contribution in [0.25, 0.3) is 0 Å². The molecule has 128 valence electrons. The number of morpholine rings is 1. The maximum Gasteiger partial charge on any atom is 0.282 e.